The first-order valence-corrected chi connectivity index (χ1v) is 4.11. The third kappa shape index (κ3) is 2.47. The molecule has 0 radical (unpaired) electrons. The molecule has 1 N–H and O–H groups in total. The van der Waals surface area contributed by atoms with Crippen molar-refractivity contribution in [1.82, 2.24) is 0 Å². The average Bonchev–Trinajstić information content (AvgIpc) is 2.14. The van der Waals surface area contributed by atoms with Gasteiger partial charge in [-0.3, -0.25) is 4.79 Å². The van der Waals surface area contributed by atoms with Crippen molar-refractivity contribution in [2.45, 2.75) is 6.92 Å². The number of rotatable bonds is 4. The van der Waals surface area contributed by atoms with Gasteiger partial charge >= 0.3 is 0 Å². The summed E-state index contributed by atoms with van der Waals surface area (Å²) in [6.07, 6.45) is 0. The van der Waals surface area contributed by atoms with Gasteiger partial charge in [-0.15, -0.1) is 0 Å². The lowest BCUT2D eigenvalue weighted by Gasteiger charge is -2.06. The molecule has 0 aromatic heterocycles. The predicted octanol–water partition coefficient (Wildman–Crippen LogP) is 1.58. The quantitative estimate of drug-likeness (QED) is 0.586. The minimum atomic E-state index is -0.180. The van der Waals surface area contributed by atoms with Gasteiger partial charge in [0.1, 0.15) is 11.5 Å². The van der Waals surface area contributed by atoms with Crippen LogP contribution in [0.3, 0.4) is 0 Å². The lowest BCUT2D eigenvalue weighted by molar-refractivity contribution is 0.0510. The zero-order valence-corrected chi connectivity index (χ0v) is 8.11. The fraction of sp³-hybridized carbons (Fsp3) is 0.300. The smallest absolute Gasteiger partial charge is 0.188 e. The summed E-state index contributed by atoms with van der Waals surface area (Å²) in [5.41, 5.74) is 0.287. The number of benzene rings is 1. The molecule has 14 heavy (non-hydrogen) atoms. The maximum Gasteiger partial charge on any atom is 0.188 e. The maximum atomic E-state index is 11.0. The summed E-state index contributed by atoms with van der Waals surface area (Å²) < 4.78 is 9.77. The molecule has 0 heterocycles. The first-order chi connectivity index (χ1) is 6.65. The number of hydrogen-bond acceptors (Lipinski definition) is 4. The standard InChI is InChI=1S/C10H12O4/c1-7(11)9-4-3-8(5-10(9)12)14-6-13-2/h3-5,12H,6H2,1-2H3. The van der Waals surface area contributed by atoms with Crippen molar-refractivity contribution in [3.05, 3.63) is 23.8 Å². The summed E-state index contributed by atoms with van der Waals surface area (Å²) in [5, 5.41) is 9.42. The second-order valence-corrected chi connectivity index (χ2v) is 2.79. The molecule has 0 unspecified atom stereocenters. The van der Waals surface area contributed by atoms with Crippen LogP contribution in [0.25, 0.3) is 0 Å². The highest BCUT2D eigenvalue weighted by molar-refractivity contribution is 5.96. The number of phenols is 1. The van der Waals surface area contributed by atoms with E-state index in [1.165, 1.54) is 26.2 Å². The van der Waals surface area contributed by atoms with Gasteiger partial charge in [0, 0.05) is 13.2 Å². The first kappa shape index (κ1) is 10.5. The van der Waals surface area contributed by atoms with Crippen LogP contribution >= 0.6 is 0 Å². The van der Waals surface area contributed by atoms with Gasteiger partial charge in [0.15, 0.2) is 12.6 Å². The van der Waals surface area contributed by atoms with E-state index in [9.17, 15) is 9.90 Å². The second-order valence-electron chi connectivity index (χ2n) is 2.79. The number of Topliss-reactive ketones (excluding diaryl/α,β-unsaturated/α-hetero) is 1. The minimum Gasteiger partial charge on any atom is -0.507 e. The predicted molar refractivity (Wildman–Crippen MR) is 50.6 cm³/mol. The minimum absolute atomic E-state index is 0.0777. The number of methoxy groups -OCH3 is 1. The van der Waals surface area contributed by atoms with Crippen molar-refractivity contribution in [3.8, 4) is 11.5 Å². The number of carbonyl (C=O) groups excluding carboxylic acids is 1. The van der Waals surface area contributed by atoms with E-state index in [2.05, 4.69) is 0 Å². The Morgan fingerprint density at radius 3 is 2.71 bits per heavy atom. The van der Waals surface area contributed by atoms with Gasteiger partial charge in [0.25, 0.3) is 0 Å². The molecule has 1 aromatic carbocycles. The fourth-order valence-corrected chi connectivity index (χ4v) is 1.03. The third-order valence-electron chi connectivity index (χ3n) is 1.69. The van der Waals surface area contributed by atoms with Crippen LogP contribution in [0.1, 0.15) is 17.3 Å². The lowest BCUT2D eigenvalue weighted by Crippen LogP contribution is -1.99. The molecule has 1 rings (SSSR count). The summed E-state index contributed by atoms with van der Waals surface area (Å²) >= 11 is 0. The van der Waals surface area contributed by atoms with Gasteiger partial charge in [-0.25, -0.2) is 0 Å². The number of carbonyl (C=O) groups is 1. The van der Waals surface area contributed by atoms with Gasteiger partial charge in [0.2, 0.25) is 0 Å². The van der Waals surface area contributed by atoms with E-state index in [1.807, 2.05) is 0 Å². The van der Waals surface area contributed by atoms with Gasteiger partial charge in [0.05, 0.1) is 5.56 Å². The van der Waals surface area contributed by atoms with E-state index >= 15 is 0 Å². The highest BCUT2D eigenvalue weighted by Gasteiger charge is 2.06. The normalized spacial score (nSPS) is 9.86. The van der Waals surface area contributed by atoms with E-state index in [1.54, 1.807) is 6.07 Å². The summed E-state index contributed by atoms with van der Waals surface area (Å²) in [6, 6.07) is 4.51. The molecule has 0 bridgehead atoms. The van der Waals surface area contributed by atoms with Crippen molar-refractivity contribution in [2.24, 2.45) is 0 Å². The second kappa shape index (κ2) is 4.62. The Labute approximate surface area is 82.1 Å². The Balaban J connectivity index is 2.83. The molecule has 1 aromatic rings. The molecule has 76 valence electrons. The molecular weight excluding hydrogens is 184 g/mol. The molecule has 0 atom stereocenters. The zero-order chi connectivity index (χ0) is 10.6. The van der Waals surface area contributed by atoms with E-state index in [-0.39, 0.29) is 23.9 Å². The van der Waals surface area contributed by atoms with Crippen molar-refractivity contribution in [1.29, 1.82) is 0 Å². The molecule has 0 saturated heterocycles. The van der Waals surface area contributed by atoms with Crippen LogP contribution in [-0.4, -0.2) is 24.8 Å². The van der Waals surface area contributed by atoms with Crippen molar-refractivity contribution in [2.75, 3.05) is 13.9 Å². The molecule has 0 saturated carbocycles. The van der Waals surface area contributed by atoms with Crippen molar-refractivity contribution < 1.29 is 19.4 Å². The number of hydrogen-bond donors (Lipinski definition) is 1. The van der Waals surface area contributed by atoms with Crippen molar-refractivity contribution >= 4 is 5.78 Å². The van der Waals surface area contributed by atoms with E-state index in [0.717, 1.165) is 0 Å². The van der Waals surface area contributed by atoms with Gasteiger partial charge in [-0.2, -0.15) is 0 Å². The number of aromatic hydroxyl groups is 1. The van der Waals surface area contributed by atoms with E-state index < -0.39 is 0 Å². The highest BCUT2D eigenvalue weighted by atomic mass is 16.7. The van der Waals surface area contributed by atoms with Gasteiger partial charge < -0.3 is 14.6 Å². The molecule has 0 fully saturated rings. The van der Waals surface area contributed by atoms with Crippen LogP contribution in [0.15, 0.2) is 18.2 Å². The SMILES string of the molecule is COCOc1ccc(C(C)=O)c(O)c1. The van der Waals surface area contributed by atoms with Gasteiger partial charge in [-0.1, -0.05) is 0 Å². The molecule has 4 nitrogen and oxygen atoms in total. The number of ketones is 1. The summed E-state index contributed by atoms with van der Waals surface area (Å²) in [4.78, 5) is 11.0. The van der Waals surface area contributed by atoms with Crippen LogP contribution in [0, 0.1) is 0 Å². The molecule has 4 heteroatoms. The highest BCUT2D eigenvalue weighted by Crippen LogP contribution is 2.23. The maximum absolute atomic E-state index is 11.0. The Hall–Kier alpha value is -1.55. The largest absolute Gasteiger partial charge is 0.507 e. The lowest BCUT2D eigenvalue weighted by atomic mass is 10.1. The number of phenolic OH excluding ortho intramolecular Hbond substituents is 1. The van der Waals surface area contributed by atoms with Crippen LogP contribution in [0.4, 0.5) is 0 Å². The summed E-state index contributed by atoms with van der Waals surface area (Å²) in [7, 11) is 1.50. The van der Waals surface area contributed by atoms with E-state index in [0.29, 0.717) is 5.75 Å². The Bertz CT molecular complexity index is 333. The van der Waals surface area contributed by atoms with Crippen molar-refractivity contribution in [3.63, 3.8) is 0 Å². The van der Waals surface area contributed by atoms with Crippen LogP contribution in [-0.2, 0) is 4.74 Å². The van der Waals surface area contributed by atoms with Gasteiger partial charge in [-0.05, 0) is 19.1 Å². The average molecular weight is 196 g/mol. The topological polar surface area (TPSA) is 55.8 Å². The van der Waals surface area contributed by atoms with Crippen LogP contribution < -0.4 is 4.74 Å². The number of ether oxygens (including phenoxy) is 2. The summed E-state index contributed by atoms with van der Waals surface area (Å²) in [6.45, 7) is 1.50. The molecule has 0 spiro atoms. The molecule has 0 aliphatic carbocycles. The molecule has 0 aliphatic rings. The van der Waals surface area contributed by atoms with Crippen LogP contribution in [0.5, 0.6) is 11.5 Å². The first-order valence-electron chi connectivity index (χ1n) is 4.11. The van der Waals surface area contributed by atoms with Crippen LogP contribution in [0.2, 0.25) is 0 Å². The third-order valence-corrected chi connectivity index (χ3v) is 1.69. The molecule has 0 aliphatic heterocycles. The molecular formula is C10H12O4. The molecule has 0 amide bonds. The Morgan fingerprint density at radius 2 is 2.21 bits per heavy atom. The zero-order valence-electron chi connectivity index (χ0n) is 8.11. The fourth-order valence-electron chi connectivity index (χ4n) is 1.03. The van der Waals surface area contributed by atoms with E-state index in [4.69, 9.17) is 9.47 Å². The summed E-state index contributed by atoms with van der Waals surface area (Å²) in [5.74, 6) is 0.209. The Morgan fingerprint density at radius 1 is 1.50 bits per heavy atom. The monoisotopic (exact) mass is 196 g/mol. The Kier molecular flexibility index (Phi) is 3.48.